The van der Waals surface area contributed by atoms with Gasteiger partial charge >= 0.3 is 18.0 Å². The average Bonchev–Trinajstić information content (AvgIpc) is 2.49. The minimum absolute atomic E-state index is 0.0244. The Morgan fingerprint density at radius 2 is 1.95 bits per heavy atom. The second kappa shape index (κ2) is 9.13. The molecule has 0 fully saturated rings. The molecule has 0 saturated heterocycles. The summed E-state index contributed by atoms with van der Waals surface area (Å²) in [5, 5.41) is 10.8. The summed E-state index contributed by atoms with van der Waals surface area (Å²) in [6.45, 7) is 1.12. The minimum Gasteiger partial charge on any atom is -0.445 e. The lowest BCUT2D eigenvalue weighted by atomic mass is 10.2. The van der Waals surface area contributed by atoms with Crippen LogP contribution in [0.2, 0.25) is 0 Å². The first-order chi connectivity index (χ1) is 10.5. The highest BCUT2D eigenvalue weighted by atomic mass is 16.6. The summed E-state index contributed by atoms with van der Waals surface area (Å²) in [5.74, 6) is -1.70. The molecular weight excluding hydrogens is 288 g/mol. The van der Waals surface area contributed by atoms with Crippen LogP contribution in [0.5, 0.6) is 0 Å². The van der Waals surface area contributed by atoms with Gasteiger partial charge in [-0.3, -0.25) is 4.79 Å². The van der Waals surface area contributed by atoms with Crippen molar-refractivity contribution < 1.29 is 23.9 Å². The number of nitrogens with one attached hydrogen (secondary N) is 1. The monoisotopic (exact) mass is 304 g/mol. The Kier molecular flexibility index (Phi) is 7.13. The second-order valence-electron chi connectivity index (χ2n) is 4.37. The van der Waals surface area contributed by atoms with Gasteiger partial charge in [0.25, 0.3) is 0 Å². The summed E-state index contributed by atoms with van der Waals surface area (Å²) < 4.78 is 9.38. The van der Waals surface area contributed by atoms with Gasteiger partial charge in [0.1, 0.15) is 12.6 Å². The number of nitriles is 1. The van der Waals surface area contributed by atoms with Crippen molar-refractivity contribution in [3.8, 4) is 6.07 Å². The molecule has 0 heterocycles. The fourth-order valence-electron chi connectivity index (χ4n) is 1.58. The van der Waals surface area contributed by atoms with E-state index in [9.17, 15) is 14.4 Å². The number of amides is 1. The Bertz CT molecular complexity index is 565. The molecule has 1 rings (SSSR count). The van der Waals surface area contributed by atoms with Crippen LogP contribution in [0, 0.1) is 11.3 Å². The molecule has 0 aliphatic heterocycles. The summed E-state index contributed by atoms with van der Waals surface area (Å²) in [4.78, 5) is 34.1. The number of hydrogen-bond donors (Lipinski definition) is 1. The number of nitrogens with zero attached hydrogens (tertiary/aromatic N) is 1. The van der Waals surface area contributed by atoms with Gasteiger partial charge in [-0.15, -0.1) is 0 Å². The third kappa shape index (κ3) is 6.52. The van der Waals surface area contributed by atoms with E-state index in [1.165, 1.54) is 0 Å². The van der Waals surface area contributed by atoms with Crippen molar-refractivity contribution in [3.63, 3.8) is 0 Å². The number of alkyl carbamates (subject to hydrolysis) is 1. The molecule has 0 bridgehead atoms. The molecule has 1 aromatic rings. The maximum Gasteiger partial charge on any atom is 0.408 e. The third-order valence-corrected chi connectivity index (χ3v) is 2.58. The van der Waals surface area contributed by atoms with E-state index in [-0.39, 0.29) is 19.4 Å². The van der Waals surface area contributed by atoms with Crippen LogP contribution in [0.4, 0.5) is 4.79 Å². The molecule has 1 N–H and O–H groups in total. The Morgan fingerprint density at radius 3 is 2.55 bits per heavy atom. The molecule has 0 aliphatic carbocycles. The fourth-order valence-corrected chi connectivity index (χ4v) is 1.58. The van der Waals surface area contributed by atoms with Crippen molar-refractivity contribution in [1.82, 2.24) is 5.32 Å². The van der Waals surface area contributed by atoms with Gasteiger partial charge in [0.15, 0.2) is 0 Å². The summed E-state index contributed by atoms with van der Waals surface area (Å²) >= 11 is 0. The lowest BCUT2D eigenvalue weighted by Gasteiger charge is -2.15. The molecule has 7 nitrogen and oxygen atoms in total. The maximum absolute atomic E-state index is 11.7. The Hall–Kier alpha value is -2.88. The molecule has 116 valence electrons. The molecule has 22 heavy (non-hydrogen) atoms. The summed E-state index contributed by atoms with van der Waals surface area (Å²) in [5.41, 5.74) is 0.789. The van der Waals surface area contributed by atoms with Crippen molar-refractivity contribution in [1.29, 1.82) is 5.26 Å². The predicted molar refractivity (Wildman–Crippen MR) is 75.2 cm³/mol. The van der Waals surface area contributed by atoms with E-state index in [1.54, 1.807) is 24.3 Å². The molecule has 1 atom stereocenters. The number of hydrogen-bond acceptors (Lipinski definition) is 6. The Morgan fingerprint density at radius 1 is 1.27 bits per heavy atom. The normalized spacial score (nSPS) is 10.9. The van der Waals surface area contributed by atoms with Crippen LogP contribution < -0.4 is 5.32 Å². The van der Waals surface area contributed by atoms with Gasteiger partial charge in [0.05, 0.1) is 6.07 Å². The maximum atomic E-state index is 11.7. The number of rotatable bonds is 6. The highest BCUT2D eigenvalue weighted by molar-refractivity contribution is 5.89. The van der Waals surface area contributed by atoms with Crippen molar-refractivity contribution >= 4 is 18.0 Å². The molecule has 7 heteroatoms. The van der Waals surface area contributed by atoms with E-state index in [0.717, 1.165) is 12.5 Å². The smallest absolute Gasteiger partial charge is 0.408 e. The van der Waals surface area contributed by atoms with E-state index >= 15 is 0 Å². The first-order valence-electron chi connectivity index (χ1n) is 6.59. The van der Waals surface area contributed by atoms with Crippen LogP contribution in [-0.2, 0) is 25.7 Å². The highest BCUT2D eigenvalue weighted by Gasteiger charge is 2.24. The molecule has 1 amide bonds. The molecule has 1 aromatic carbocycles. The van der Waals surface area contributed by atoms with Crippen LogP contribution in [0.1, 0.15) is 25.3 Å². The fraction of sp³-hybridized carbons (Fsp3) is 0.333. The Labute approximate surface area is 127 Å². The van der Waals surface area contributed by atoms with E-state index in [2.05, 4.69) is 10.1 Å². The van der Waals surface area contributed by atoms with Crippen LogP contribution in [0.15, 0.2) is 30.3 Å². The van der Waals surface area contributed by atoms with Crippen LogP contribution in [0.25, 0.3) is 0 Å². The first kappa shape index (κ1) is 17.2. The van der Waals surface area contributed by atoms with Gasteiger partial charge in [-0.2, -0.15) is 5.26 Å². The summed E-state index contributed by atoms with van der Waals surface area (Å²) in [6.07, 6.45) is -0.771. The van der Waals surface area contributed by atoms with Gasteiger partial charge in [0, 0.05) is 13.3 Å². The summed E-state index contributed by atoms with van der Waals surface area (Å²) in [7, 11) is 0. The van der Waals surface area contributed by atoms with E-state index in [4.69, 9.17) is 10.00 Å². The zero-order valence-electron chi connectivity index (χ0n) is 12.1. The average molecular weight is 304 g/mol. The molecule has 0 spiro atoms. The van der Waals surface area contributed by atoms with Crippen LogP contribution in [0.3, 0.4) is 0 Å². The van der Waals surface area contributed by atoms with Crippen molar-refractivity contribution in [2.45, 2.75) is 32.4 Å². The quantitative estimate of drug-likeness (QED) is 0.633. The van der Waals surface area contributed by atoms with Crippen molar-refractivity contribution in [2.24, 2.45) is 0 Å². The molecular formula is C15H16N2O5. The largest absolute Gasteiger partial charge is 0.445 e. The minimum atomic E-state index is -1.10. The third-order valence-electron chi connectivity index (χ3n) is 2.58. The number of benzene rings is 1. The van der Waals surface area contributed by atoms with Crippen LogP contribution >= 0.6 is 0 Å². The van der Waals surface area contributed by atoms with E-state index < -0.39 is 24.1 Å². The molecule has 0 aromatic heterocycles. The molecule has 0 radical (unpaired) electrons. The zero-order chi connectivity index (χ0) is 16.4. The van der Waals surface area contributed by atoms with Gasteiger partial charge in [-0.05, 0) is 12.0 Å². The highest BCUT2D eigenvalue weighted by Crippen LogP contribution is 2.03. The van der Waals surface area contributed by atoms with Gasteiger partial charge in [0.2, 0.25) is 0 Å². The van der Waals surface area contributed by atoms with E-state index in [0.29, 0.717) is 0 Å². The number of esters is 2. The molecule has 0 unspecified atom stereocenters. The lowest BCUT2D eigenvalue weighted by Crippen LogP contribution is -2.42. The standard InChI is InChI=1S/C15H16N2O5/c1-11(18)22-14(19)13(8-5-9-16)17-15(20)21-10-12-6-3-2-4-7-12/h2-4,6-7,13H,5,8,10H2,1H3,(H,17,20)/t13-/m0/s1. The molecule has 0 saturated carbocycles. The Balaban J connectivity index is 2.53. The number of carbonyl (C=O) groups excluding carboxylic acids is 3. The zero-order valence-corrected chi connectivity index (χ0v) is 12.1. The molecule has 0 aliphatic rings. The number of carbonyl (C=O) groups is 3. The lowest BCUT2D eigenvalue weighted by molar-refractivity contribution is -0.159. The topological polar surface area (TPSA) is 105 Å². The first-order valence-corrected chi connectivity index (χ1v) is 6.59. The predicted octanol–water partition coefficient (Wildman–Crippen LogP) is 1.67. The van der Waals surface area contributed by atoms with Crippen molar-refractivity contribution in [3.05, 3.63) is 35.9 Å². The van der Waals surface area contributed by atoms with Crippen LogP contribution in [-0.4, -0.2) is 24.1 Å². The van der Waals surface area contributed by atoms with Gasteiger partial charge in [-0.25, -0.2) is 9.59 Å². The van der Waals surface area contributed by atoms with Gasteiger partial charge < -0.3 is 14.8 Å². The SMILES string of the molecule is CC(=O)OC(=O)[C@H](CCC#N)NC(=O)OCc1ccccc1. The summed E-state index contributed by atoms with van der Waals surface area (Å²) in [6, 6.07) is 9.75. The van der Waals surface area contributed by atoms with Crippen molar-refractivity contribution in [2.75, 3.05) is 0 Å². The van der Waals surface area contributed by atoms with Gasteiger partial charge in [-0.1, -0.05) is 30.3 Å². The second-order valence-corrected chi connectivity index (χ2v) is 4.37. The number of ether oxygens (including phenoxy) is 2. The van der Waals surface area contributed by atoms with E-state index in [1.807, 2.05) is 12.1 Å².